The molecule has 0 saturated carbocycles. The van der Waals surface area contributed by atoms with Crippen molar-refractivity contribution < 1.29 is 91.4 Å². The van der Waals surface area contributed by atoms with E-state index in [1.807, 2.05) is 0 Å². The highest BCUT2D eigenvalue weighted by Gasteiger charge is 2.55. The van der Waals surface area contributed by atoms with Gasteiger partial charge in [-0.05, 0) is 115 Å². The molecule has 8 N–H and O–H groups in total. The molecule has 3 aliphatic heterocycles. The van der Waals surface area contributed by atoms with E-state index in [0.29, 0.717) is 11.1 Å². The van der Waals surface area contributed by atoms with Gasteiger partial charge in [-0.15, -0.1) is 0 Å². The number of hydrogen-bond acceptors (Lipinski definition) is 20. The molecule has 2 fully saturated rings. The molecule has 24 nitrogen and oxygen atoms in total. The van der Waals surface area contributed by atoms with Gasteiger partial charge in [0, 0.05) is 42.3 Å². The summed E-state index contributed by atoms with van der Waals surface area (Å²) >= 11 is 0. The van der Waals surface area contributed by atoms with Crippen LogP contribution in [0.1, 0.15) is 94.0 Å². The minimum absolute atomic E-state index is 0.0313. The molecule has 10 atom stereocenters. The molecular formula is C58H64N4O20. The molecule has 24 heteroatoms. The highest BCUT2D eigenvalue weighted by molar-refractivity contribution is 5.98. The SMILES string of the molecule is COC1C(OC(=O)c2ccc(C)[nH]2)C(O)C(Oc2ccc3c(c2C)OC(=O)C(NC(=O)Cc2ccc(CC(=O)Nc4c(O)c5ccc(OC6OC(C)(C)C(OC)C(OC(=O)c7ccc(C)[nH]7)C6O)c(C)c5oc4=O)cc2)C3O)OC1(C)C. The molecule has 0 spiro atoms. The summed E-state index contributed by atoms with van der Waals surface area (Å²) in [7, 11) is 2.79. The smallest absolute Gasteiger partial charge is 0.364 e. The lowest BCUT2D eigenvalue weighted by molar-refractivity contribution is -0.305. The van der Waals surface area contributed by atoms with E-state index in [2.05, 4.69) is 20.6 Å². The molecule has 0 aliphatic carbocycles. The maximum Gasteiger partial charge on any atom is 0.364 e. The highest BCUT2D eigenvalue weighted by Crippen LogP contribution is 2.43. The molecule has 436 valence electrons. The van der Waals surface area contributed by atoms with Gasteiger partial charge in [0.25, 0.3) is 0 Å². The van der Waals surface area contributed by atoms with Gasteiger partial charge in [0.1, 0.15) is 52.5 Å². The zero-order valence-electron chi connectivity index (χ0n) is 46.4. The first kappa shape index (κ1) is 58.6. The Labute approximate surface area is 468 Å². The van der Waals surface area contributed by atoms with Crippen molar-refractivity contribution in [3.63, 3.8) is 0 Å². The Morgan fingerprint density at radius 1 is 0.646 bits per heavy atom. The van der Waals surface area contributed by atoms with E-state index in [1.54, 1.807) is 104 Å². The van der Waals surface area contributed by atoms with Crippen LogP contribution in [-0.2, 0) is 55.6 Å². The van der Waals surface area contributed by atoms with E-state index >= 15 is 0 Å². The van der Waals surface area contributed by atoms with Crippen LogP contribution in [0.3, 0.4) is 0 Å². The number of amides is 2. The zero-order chi connectivity index (χ0) is 59.3. The van der Waals surface area contributed by atoms with Crippen molar-refractivity contribution in [1.29, 1.82) is 0 Å². The monoisotopic (exact) mass is 1140 g/mol. The topological polar surface area (TPSA) is 335 Å². The van der Waals surface area contributed by atoms with Crippen molar-refractivity contribution in [2.24, 2.45) is 0 Å². The average Bonchev–Trinajstić information content (AvgIpc) is 4.20. The fraction of sp³-hybridized carbons (Fsp3) is 0.414. The van der Waals surface area contributed by atoms with E-state index in [-0.39, 0.29) is 69.1 Å². The molecule has 0 bridgehead atoms. The van der Waals surface area contributed by atoms with Gasteiger partial charge in [0.05, 0.1) is 29.4 Å². The molecule has 2 saturated heterocycles. The third-order valence-electron chi connectivity index (χ3n) is 14.7. The fourth-order valence-corrected chi connectivity index (χ4v) is 10.4. The predicted molar refractivity (Wildman–Crippen MR) is 287 cm³/mol. The summed E-state index contributed by atoms with van der Waals surface area (Å²) in [5.41, 5.74) is -0.590. The van der Waals surface area contributed by atoms with Crippen LogP contribution in [0.5, 0.6) is 23.0 Å². The van der Waals surface area contributed by atoms with Crippen LogP contribution in [0.25, 0.3) is 11.0 Å². The van der Waals surface area contributed by atoms with Crippen molar-refractivity contribution >= 4 is 46.4 Å². The lowest BCUT2D eigenvalue weighted by atomic mass is 9.89. The van der Waals surface area contributed by atoms with Crippen LogP contribution in [0.15, 0.2) is 82.0 Å². The van der Waals surface area contributed by atoms with Crippen molar-refractivity contribution in [1.82, 2.24) is 15.3 Å². The predicted octanol–water partition coefficient (Wildman–Crippen LogP) is 4.48. The number of hydrogen-bond donors (Lipinski definition) is 8. The number of benzene rings is 3. The van der Waals surface area contributed by atoms with Crippen molar-refractivity contribution in [3.05, 3.63) is 134 Å². The number of ether oxygens (including phenoxy) is 9. The molecule has 9 rings (SSSR count). The number of rotatable bonds is 16. The lowest BCUT2D eigenvalue weighted by Gasteiger charge is -2.47. The molecule has 6 aromatic rings. The summed E-state index contributed by atoms with van der Waals surface area (Å²) in [6.07, 6.45) is -12.3. The number of aliphatic hydroxyl groups excluding tert-OH is 3. The van der Waals surface area contributed by atoms with Gasteiger partial charge in [-0.1, -0.05) is 24.3 Å². The summed E-state index contributed by atoms with van der Waals surface area (Å²) in [4.78, 5) is 85.3. The number of anilines is 1. The highest BCUT2D eigenvalue weighted by atomic mass is 16.7. The van der Waals surface area contributed by atoms with Gasteiger partial charge < -0.3 is 88.1 Å². The second kappa shape index (κ2) is 23.0. The molecule has 0 radical (unpaired) electrons. The number of carbonyl (C=O) groups excluding carboxylic acids is 5. The Morgan fingerprint density at radius 2 is 1.13 bits per heavy atom. The number of aromatic hydroxyl groups is 1. The zero-order valence-corrected chi connectivity index (χ0v) is 46.4. The van der Waals surface area contributed by atoms with Crippen LogP contribution < -0.4 is 30.5 Å². The first-order chi connectivity index (χ1) is 38.8. The summed E-state index contributed by atoms with van der Waals surface area (Å²) < 4.78 is 58.4. The Balaban J connectivity index is 0.799. The largest absolute Gasteiger partial charge is 0.505 e. The van der Waals surface area contributed by atoms with Crippen LogP contribution >= 0.6 is 0 Å². The standard InChI is InChI=1S/C58H64N4O20/c1-25-11-19-33(59-25)51(69)79-47-43(67)55(81-57(5,6)49(47)73-9)75-35-21-17-31-41(65)39(53(71)77-45(31)27(35)3)61-37(63)23-29-13-15-30(16-14-29)24-38(64)62-40-42(66)32-18-22-36(28(4)46(32)78-54(40)72)76-56-44(68)48(50(74-10)58(7,8)82-56)80-52(70)34-20-12-26(2)60-34/h11-22,39,41,43-44,47-50,55-56,59-60,65-68H,23-24H2,1-10H3,(H,61,63)(H,62,64). The number of carbonyl (C=O) groups is 5. The molecule has 3 aliphatic rings. The second-order valence-electron chi connectivity index (χ2n) is 21.5. The number of esters is 3. The number of fused-ring (bicyclic) bond motifs is 2. The first-order valence-electron chi connectivity index (χ1n) is 26.1. The van der Waals surface area contributed by atoms with E-state index < -0.39 is 119 Å². The van der Waals surface area contributed by atoms with Gasteiger partial charge in [0.15, 0.2) is 41.9 Å². The Hall–Kier alpha value is -8.10. The molecule has 2 amide bonds. The number of aryl methyl sites for hydroxylation is 3. The number of aromatic amines is 2. The summed E-state index contributed by atoms with van der Waals surface area (Å²) in [6, 6.07) is 17.0. The molecule has 6 heterocycles. The summed E-state index contributed by atoms with van der Waals surface area (Å²) in [6.45, 7) is 13.4. The molecular weight excluding hydrogens is 1070 g/mol. The van der Waals surface area contributed by atoms with Gasteiger partial charge in [0.2, 0.25) is 24.4 Å². The fourth-order valence-electron chi connectivity index (χ4n) is 10.4. The second-order valence-corrected chi connectivity index (χ2v) is 21.5. The Kier molecular flexibility index (Phi) is 16.4. The van der Waals surface area contributed by atoms with Crippen molar-refractivity contribution in [3.8, 4) is 23.0 Å². The van der Waals surface area contributed by atoms with Crippen molar-refractivity contribution in [2.75, 3.05) is 19.5 Å². The molecule has 3 aromatic heterocycles. The lowest BCUT2D eigenvalue weighted by Crippen LogP contribution is -2.65. The maximum absolute atomic E-state index is 13.4. The van der Waals surface area contributed by atoms with Gasteiger partial charge in [-0.25, -0.2) is 19.2 Å². The van der Waals surface area contributed by atoms with Gasteiger partial charge in [-0.2, -0.15) is 0 Å². The molecule has 3 aromatic carbocycles. The number of aromatic nitrogens is 2. The van der Waals surface area contributed by atoms with Crippen LogP contribution in [-0.4, -0.2) is 141 Å². The first-order valence-corrected chi connectivity index (χ1v) is 26.1. The van der Waals surface area contributed by atoms with Crippen LogP contribution in [0.4, 0.5) is 5.69 Å². The van der Waals surface area contributed by atoms with E-state index in [4.69, 9.17) is 47.0 Å². The van der Waals surface area contributed by atoms with Gasteiger partial charge >= 0.3 is 23.5 Å². The minimum atomic E-state index is -1.56. The third-order valence-corrected chi connectivity index (χ3v) is 14.7. The Bertz CT molecular complexity index is 3490. The average molecular weight is 1140 g/mol. The van der Waals surface area contributed by atoms with Gasteiger partial charge in [-0.3, -0.25) is 9.59 Å². The third kappa shape index (κ3) is 11.7. The number of nitrogens with one attached hydrogen (secondary N) is 4. The van der Waals surface area contributed by atoms with Crippen molar-refractivity contribution in [2.45, 2.75) is 141 Å². The van der Waals surface area contributed by atoms with E-state index in [1.165, 1.54) is 38.5 Å². The number of methoxy groups -OCH3 is 2. The number of aliphatic hydroxyl groups is 3. The summed E-state index contributed by atoms with van der Waals surface area (Å²) in [5.74, 6) is -4.17. The van der Waals surface area contributed by atoms with Crippen LogP contribution in [0.2, 0.25) is 0 Å². The van der Waals surface area contributed by atoms with E-state index in [9.17, 15) is 49.2 Å². The quantitative estimate of drug-likeness (QED) is 0.0376. The van der Waals surface area contributed by atoms with Crippen LogP contribution in [0, 0.1) is 27.7 Å². The normalized spacial score (nSPS) is 24.6. The van der Waals surface area contributed by atoms with E-state index in [0.717, 1.165) is 11.4 Å². The molecule has 82 heavy (non-hydrogen) atoms. The Morgan fingerprint density at radius 3 is 1.62 bits per heavy atom. The minimum Gasteiger partial charge on any atom is -0.505 e. The maximum atomic E-state index is 13.4. The molecule has 10 unspecified atom stereocenters. The summed E-state index contributed by atoms with van der Waals surface area (Å²) in [5, 5.41) is 50.6. The number of H-pyrrole nitrogens is 2.